The summed E-state index contributed by atoms with van der Waals surface area (Å²) < 4.78 is 51.0. The van der Waals surface area contributed by atoms with E-state index in [-0.39, 0.29) is 36.9 Å². The minimum Gasteiger partial charge on any atom is -0.386 e. The van der Waals surface area contributed by atoms with E-state index in [1.54, 1.807) is 12.1 Å². The molecule has 1 aliphatic heterocycles. The molecule has 5 atom stereocenters. The number of hydrogen-bond acceptors (Lipinski definition) is 11. The first-order chi connectivity index (χ1) is 26.9. The Morgan fingerprint density at radius 3 is 2.21 bits per heavy atom. The van der Waals surface area contributed by atoms with Gasteiger partial charge in [0.15, 0.2) is 11.4 Å². The first-order valence-corrected chi connectivity index (χ1v) is 22.0. The highest BCUT2D eigenvalue weighted by atomic mass is 31.2. The molecule has 0 radical (unpaired) electrons. The van der Waals surface area contributed by atoms with Crippen molar-refractivity contribution in [2.45, 2.75) is 159 Å². The third-order valence-electron chi connectivity index (χ3n) is 10.7. The number of nitriles is 1. The molecule has 1 aromatic carbocycles. The normalized spacial score (nSPS) is 21.3. The predicted octanol–water partition coefficient (Wildman–Crippen LogP) is 8.42. The maximum absolute atomic E-state index is 14.1. The van der Waals surface area contributed by atoms with Crippen LogP contribution in [0.3, 0.4) is 0 Å². The molecule has 0 bridgehead atoms. The zero-order valence-electron chi connectivity index (χ0n) is 33.2. The molecule has 2 unspecified atom stereocenters. The fraction of sp³-hybridized carbons (Fsp3) is 0.683. The second kappa shape index (κ2) is 22.8. The van der Waals surface area contributed by atoms with Crippen LogP contribution in [0.4, 0.5) is 10.2 Å². The molecule has 0 aliphatic carbocycles. The Kier molecular flexibility index (Phi) is 18.6. The van der Waals surface area contributed by atoms with Gasteiger partial charge in [0.1, 0.15) is 29.4 Å². The number of fused-ring (bicyclic) bond motifs is 1. The molecule has 2 aromatic heterocycles. The number of aliphatic hydroxyl groups is 2. The minimum absolute atomic E-state index is 0.0301. The van der Waals surface area contributed by atoms with E-state index >= 15 is 0 Å². The van der Waals surface area contributed by atoms with Crippen LogP contribution in [0.25, 0.3) is 5.52 Å². The Balaban J connectivity index is 1.20. The van der Waals surface area contributed by atoms with Gasteiger partial charge in [-0.15, -0.1) is 0 Å². The minimum atomic E-state index is -4.71. The lowest BCUT2D eigenvalue weighted by atomic mass is 9.86. The lowest BCUT2D eigenvalue weighted by molar-refractivity contribution is -0.100. The Labute approximate surface area is 331 Å². The lowest BCUT2D eigenvalue weighted by Crippen LogP contribution is -2.49. The maximum atomic E-state index is 14.1. The van der Waals surface area contributed by atoms with Crippen molar-refractivity contribution in [1.82, 2.24) is 14.6 Å². The van der Waals surface area contributed by atoms with Crippen LogP contribution in [0.15, 0.2) is 36.7 Å². The standard InChI is InChI=1S/C41H63FN5O8P/c1-3-4-5-6-7-8-9-10-11-12-13-14-15-16-17-18-19-20-35(52-27-33-23-32(26-43)24-34(42)25-33)28-54-56(50,51)55-29-40(2)39(48)41(49,30-53-40)37-22-21-36-38(44)45-31-46-47(36)37/h21-25,31,35,39,48-49H,3-20,27-30H2,1-2H3,(H,50,51)(H2,44,45,46)/t35-,39+,40+,41?/m0/s1. The van der Waals surface area contributed by atoms with Gasteiger partial charge in [0.2, 0.25) is 0 Å². The van der Waals surface area contributed by atoms with Crippen LogP contribution < -0.4 is 5.73 Å². The molecular weight excluding hydrogens is 740 g/mol. The number of benzene rings is 1. The molecule has 1 saturated heterocycles. The molecule has 0 amide bonds. The van der Waals surface area contributed by atoms with Gasteiger partial charge in [0, 0.05) is 0 Å². The van der Waals surface area contributed by atoms with E-state index in [0.717, 1.165) is 31.7 Å². The number of aliphatic hydroxyl groups excluding tert-OH is 1. The smallest absolute Gasteiger partial charge is 0.386 e. The number of halogens is 1. The number of hydrogen-bond donors (Lipinski definition) is 4. The summed E-state index contributed by atoms with van der Waals surface area (Å²) >= 11 is 0. The number of ether oxygens (including phenoxy) is 2. The molecule has 1 fully saturated rings. The van der Waals surface area contributed by atoms with Crippen LogP contribution >= 0.6 is 7.82 Å². The van der Waals surface area contributed by atoms with Crippen molar-refractivity contribution in [3.8, 4) is 6.07 Å². The summed E-state index contributed by atoms with van der Waals surface area (Å²) in [4.78, 5) is 14.6. The number of nitrogens with two attached hydrogens (primary N) is 1. The Morgan fingerprint density at radius 2 is 1.61 bits per heavy atom. The highest BCUT2D eigenvalue weighted by Crippen LogP contribution is 2.48. The molecule has 3 heterocycles. The summed E-state index contributed by atoms with van der Waals surface area (Å²) in [6.45, 7) is 2.43. The number of unbranched alkanes of at least 4 members (excludes halogenated alkanes) is 16. The number of nitrogen functional groups attached to an aromatic ring is 1. The molecule has 15 heteroatoms. The van der Waals surface area contributed by atoms with Crippen molar-refractivity contribution >= 4 is 19.2 Å². The molecule has 4 rings (SSSR count). The van der Waals surface area contributed by atoms with E-state index in [1.165, 1.54) is 113 Å². The van der Waals surface area contributed by atoms with Crippen LogP contribution in [-0.4, -0.2) is 67.3 Å². The van der Waals surface area contributed by atoms with Crippen LogP contribution in [0.5, 0.6) is 0 Å². The van der Waals surface area contributed by atoms with E-state index < -0.39 is 43.7 Å². The quantitative estimate of drug-likeness (QED) is 0.0405. The SMILES string of the molecule is CCCCCCCCCCCCCCCCCCC[C@@H](COP(=O)(O)OC[C@@]1(C)OCC(O)(c2ccc3c(N)ncnn23)[C@@H]1O)OCc1cc(F)cc(C#N)c1. The molecule has 0 saturated carbocycles. The fourth-order valence-electron chi connectivity index (χ4n) is 7.30. The van der Waals surface area contributed by atoms with Crippen LogP contribution in [0.2, 0.25) is 0 Å². The Bertz CT molecular complexity index is 1720. The van der Waals surface area contributed by atoms with E-state index in [0.29, 0.717) is 17.5 Å². The van der Waals surface area contributed by atoms with E-state index in [4.69, 9.17) is 24.3 Å². The number of nitrogens with zero attached hydrogens (tertiary/aromatic N) is 4. The maximum Gasteiger partial charge on any atom is 0.472 e. The van der Waals surface area contributed by atoms with Gasteiger partial charge in [-0.05, 0) is 49.2 Å². The third kappa shape index (κ3) is 13.8. The zero-order chi connectivity index (χ0) is 40.4. The molecule has 1 aliphatic rings. The average molecular weight is 804 g/mol. The number of rotatable bonds is 28. The van der Waals surface area contributed by atoms with Crippen molar-refractivity contribution < 1.29 is 42.6 Å². The number of aromatic nitrogens is 3. The van der Waals surface area contributed by atoms with Crippen LogP contribution in [0.1, 0.15) is 146 Å². The van der Waals surface area contributed by atoms with E-state index in [9.17, 15) is 29.3 Å². The Hall–Kier alpha value is -2.99. The van der Waals surface area contributed by atoms with Crippen LogP contribution in [-0.2, 0) is 35.3 Å². The van der Waals surface area contributed by atoms with Crippen molar-refractivity contribution in [2.24, 2.45) is 0 Å². The first-order valence-electron chi connectivity index (χ1n) is 20.5. The van der Waals surface area contributed by atoms with Gasteiger partial charge < -0.3 is 30.3 Å². The van der Waals surface area contributed by atoms with Crippen molar-refractivity contribution in [3.63, 3.8) is 0 Å². The summed E-state index contributed by atoms with van der Waals surface area (Å²) in [5.74, 6) is -0.376. The highest BCUT2D eigenvalue weighted by molar-refractivity contribution is 7.47. The molecule has 5 N–H and O–H groups in total. The highest BCUT2D eigenvalue weighted by Gasteiger charge is 2.58. The molecule has 312 valence electrons. The number of phosphoric ester groups is 1. The largest absolute Gasteiger partial charge is 0.472 e. The van der Waals surface area contributed by atoms with Gasteiger partial charge in [0.05, 0.1) is 49.9 Å². The summed E-state index contributed by atoms with van der Waals surface area (Å²) in [5, 5.41) is 36.2. The molecule has 3 aromatic rings. The van der Waals surface area contributed by atoms with Gasteiger partial charge in [0.25, 0.3) is 0 Å². The second-order valence-electron chi connectivity index (χ2n) is 15.5. The topological polar surface area (TPSA) is 195 Å². The van der Waals surface area contributed by atoms with Gasteiger partial charge in [-0.2, -0.15) is 10.4 Å². The zero-order valence-corrected chi connectivity index (χ0v) is 34.1. The summed E-state index contributed by atoms with van der Waals surface area (Å²) in [6.07, 6.45) is 20.7. The molecule has 0 spiro atoms. The summed E-state index contributed by atoms with van der Waals surface area (Å²) in [5.41, 5.74) is 3.62. The molecular formula is C41H63FN5O8P. The predicted molar refractivity (Wildman–Crippen MR) is 212 cm³/mol. The third-order valence-corrected chi connectivity index (χ3v) is 11.6. The number of phosphoric acid groups is 1. The van der Waals surface area contributed by atoms with Gasteiger partial charge in [-0.1, -0.05) is 116 Å². The van der Waals surface area contributed by atoms with Gasteiger partial charge >= 0.3 is 7.82 Å². The Morgan fingerprint density at radius 1 is 1.00 bits per heavy atom. The summed E-state index contributed by atoms with van der Waals surface area (Å²) in [6, 6.07) is 9.03. The van der Waals surface area contributed by atoms with Crippen molar-refractivity contribution in [1.29, 1.82) is 5.26 Å². The van der Waals surface area contributed by atoms with E-state index in [1.807, 2.05) is 6.07 Å². The second-order valence-corrected chi connectivity index (χ2v) is 16.9. The summed E-state index contributed by atoms with van der Waals surface area (Å²) in [7, 11) is -4.71. The molecule has 56 heavy (non-hydrogen) atoms. The van der Waals surface area contributed by atoms with E-state index in [2.05, 4.69) is 17.0 Å². The molecule has 13 nitrogen and oxygen atoms in total. The van der Waals surface area contributed by atoms with Gasteiger partial charge in [-0.25, -0.2) is 18.5 Å². The monoisotopic (exact) mass is 803 g/mol. The van der Waals surface area contributed by atoms with Crippen molar-refractivity contribution in [2.75, 3.05) is 25.6 Å². The average Bonchev–Trinajstić information content (AvgIpc) is 3.73. The van der Waals surface area contributed by atoms with Gasteiger partial charge in [-0.3, -0.25) is 9.05 Å². The van der Waals surface area contributed by atoms with Crippen molar-refractivity contribution in [3.05, 3.63) is 59.3 Å². The number of anilines is 1. The van der Waals surface area contributed by atoms with Crippen LogP contribution in [0, 0.1) is 17.1 Å². The first kappa shape index (κ1) is 45.7. The lowest BCUT2D eigenvalue weighted by Gasteiger charge is -2.32. The fourth-order valence-corrected chi connectivity index (χ4v) is 8.15.